The van der Waals surface area contributed by atoms with Gasteiger partial charge in [0.25, 0.3) is 0 Å². The number of amides is 1. The standard InChI is InChI=1S/C17H22N2O/c1-14-7-8-17(20)19(11-9-14)13-16-5-2-4-15(12-16)6-3-10-18/h2,4-5,12,14H,7-11,13,18H2,1H3. The van der Waals surface area contributed by atoms with Gasteiger partial charge in [0.15, 0.2) is 0 Å². The first-order valence-electron chi connectivity index (χ1n) is 7.24. The highest BCUT2D eigenvalue weighted by Crippen LogP contribution is 2.19. The molecular weight excluding hydrogens is 248 g/mol. The third kappa shape index (κ3) is 4.11. The van der Waals surface area contributed by atoms with Crippen LogP contribution in [-0.2, 0) is 11.3 Å². The van der Waals surface area contributed by atoms with Crippen LogP contribution in [0.3, 0.4) is 0 Å². The van der Waals surface area contributed by atoms with Gasteiger partial charge in [0.1, 0.15) is 0 Å². The molecule has 0 aliphatic carbocycles. The van der Waals surface area contributed by atoms with Crippen molar-refractivity contribution in [2.45, 2.75) is 32.7 Å². The normalized spacial score (nSPS) is 19.2. The summed E-state index contributed by atoms with van der Waals surface area (Å²) < 4.78 is 0. The number of hydrogen-bond donors (Lipinski definition) is 1. The Morgan fingerprint density at radius 3 is 3.05 bits per heavy atom. The summed E-state index contributed by atoms with van der Waals surface area (Å²) >= 11 is 0. The summed E-state index contributed by atoms with van der Waals surface area (Å²) in [6.07, 6.45) is 2.78. The van der Waals surface area contributed by atoms with E-state index in [-0.39, 0.29) is 5.91 Å². The van der Waals surface area contributed by atoms with Gasteiger partial charge in [-0.25, -0.2) is 0 Å². The van der Waals surface area contributed by atoms with Gasteiger partial charge < -0.3 is 10.6 Å². The van der Waals surface area contributed by atoms with Crippen molar-refractivity contribution in [3.05, 3.63) is 35.4 Å². The highest BCUT2D eigenvalue weighted by molar-refractivity contribution is 5.76. The fourth-order valence-corrected chi connectivity index (χ4v) is 2.46. The number of hydrogen-bond acceptors (Lipinski definition) is 2. The van der Waals surface area contributed by atoms with E-state index in [2.05, 4.69) is 24.8 Å². The largest absolute Gasteiger partial charge is 0.338 e. The molecule has 3 heteroatoms. The van der Waals surface area contributed by atoms with Crippen molar-refractivity contribution in [3.63, 3.8) is 0 Å². The van der Waals surface area contributed by atoms with Crippen LogP contribution in [0.4, 0.5) is 0 Å². The second-order valence-electron chi connectivity index (χ2n) is 5.45. The number of nitrogens with zero attached hydrogens (tertiary/aromatic N) is 1. The second-order valence-corrected chi connectivity index (χ2v) is 5.45. The molecule has 1 fully saturated rings. The molecule has 1 aliphatic rings. The Hall–Kier alpha value is -1.79. The minimum absolute atomic E-state index is 0.271. The van der Waals surface area contributed by atoms with E-state index in [9.17, 15) is 4.79 Å². The van der Waals surface area contributed by atoms with Crippen LogP contribution in [0.5, 0.6) is 0 Å². The van der Waals surface area contributed by atoms with Crippen molar-refractivity contribution in [1.82, 2.24) is 4.90 Å². The van der Waals surface area contributed by atoms with Crippen LogP contribution in [0.15, 0.2) is 24.3 Å². The lowest BCUT2D eigenvalue weighted by atomic mass is 10.0. The lowest BCUT2D eigenvalue weighted by Gasteiger charge is -2.20. The minimum atomic E-state index is 0.271. The van der Waals surface area contributed by atoms with Gasteiger partial charge in [-0.15, -0.1) is 0 Å². The van der Waals surface area contributed by atoms with Gasteiger partial charge in [0, 0.05) is 25.1 Å². The molecule has 3 nitrogen and oxygen atoms in total. The second kappa shape index (κ2) is 7.12. The van der Waals surface area contributed by atoms with Crippen molar-refractivity contribution in [2.75, 3.05) is 13.1 Å². The molecule has 0 spiro atoms. The number of likely N-dealkylation sites (tertiary alicyclic amines) is 1. The Morgan fingerprint density at radius 2 is 2.25 bits per heavy atom. The van der Waals surface area contributed by atoms with E-state index in [1.807, 2.05) is 23.1 Å². The number of rotatable bonds is 2. The summed E-state index contributed by atoms with van der Waals surface area (Å²) in [4.78, 5) is 14.1. The molecule has 1 aliphatic heterocycles. The summed E-state index contributed by atoms with van der Waals surface area (Å²) in [7, 11) is 0. The summed E-state index contributed by atoms with van der Waals surface area (Å²) in [6.45, 7) is 4.13. The van der Waals surface area contributed by atoms with Crippen LogP contribution in [-0.4, -0.2) is 23.9 Å². The Labute approximate surface area is 121 Å². The zero-order valence-electron chi connectivity index (χ0n) is 12.1. The van der Waals surface area contributed by atoms with Crippen LogP contribution in [0.2, 0.25) is 0 Å². The molecule has 2 N–H and O–H groups in total. The average molecular weight is 270 g/mol. The zero-order chi connectivity index (χ0) is 14.4. The number of nitrogens with two attached hydrogens (primary N) is 1. The molecule has 1 saturated heterocycles. The van der Waals surface area contributed by atoms with Gasteiger partial charge in [0.2, 0.25) is 5.91 Å². The summed E-state index contributed by atoms with van der Waals surface area (Å²) in [6, 6.07) is 8.05. The molecule has 1 aromatic rings. The number of benzene rings is 1. The van der Waals surface area contributed by atoms with Gasteiger partial charge in [-0.1, -0.05) is 30.9 Å². The minimum Gasteiger partial charge on any atom is -0.338 e. The molecule has 0 aromatic heterocycles. The topological polar surface area (TPSA) is 46.3 Å². The Balaban J connectivity index is 2.06. The molecule has 1 unspecified atom stereocenters. The Bertz CT molecular complexity index is 527. The first-order chi connectivity index (χ1) is 9.69. The lowest BCUT2D eigenvalue weighted by molar-refractivity contribution is -0.131. The smallest absolute Gasteiger partial charge is 0.222 e. The van der Waals surface area contributed by atoms with E-state index in [1.165, 1.54) is 0 Å². The molecule has 1 amide bonds. The molecular formula is C17H22N2O. The summed E-state index contributed by atoms with van der Waals surface area (Å²) in [5.74, 6) is 6.81. The number of carbonyl (C=O) groups is 1. The maximum atomic E-state index is 12.1. The fraction of sp³-hybridized carbons (Fsp3) is 0.471. The van der Waals surface area contributed by atoms with E-state index >= 15 is 0 Å². The molecule has 1 aromatic carbocycles. The molecule has 106 valence electrons. The van der Waals surface area contributed by atoms with Crippen molar-refractivity contribution in [1.29, 1.82) is 0 Å². The van der Waals surface area contributed by atoms with E-state index < -0.39 is 0 Å². The van der Waals surface area contributed by atoms with Crippen LogP contribution < -0.4 is 5.73 Å². The van der Waals surface area contributed by atoms with Gasteiger partial charge in [-0.3, -0.25) is 4.79 Å². The highest BCUT2D eigenvalue weighted by atomic mass is 16.2. The van der Waals surface area contributed by atoms with Gasteiger partial charge in [-0.2, -0.15) is 0 Å². The fourth-order valence-electron chi connectivity index (χ4n) is 2.46. The molecule has 0 bridgehead atoms. The van der Waals surface area contributed by atoms with Crippen LogP contribution in [0, 0.1) is 17.8 Å². The summed E-state index contributed by atoms with van der Waals surface area (Å²) in [5.41, 5.74) is 7.48. The average Bonchev–Trinajstić information content (AvgIpc) is 2.61. The van der Waals surface area contributed by atoms with E-state index in [0.29, 0.717) is 25.4 Å². The van der Waals surface area contributed by atoms with E-state index in [4.69, 9.17) is 5.73 Å². The van der Waals surface area contributed by atoms with Crippen LogP contribution in [0.25, 0.3) is 0 Å². The van der Waals surface area contributed by atoms with Crippen molar-refractivity contribution in [2.24, 2.45) is 11.7 Å². The summed E-state index contributed by atoms with van der Waals surface area (Å²) in [5, 5.41) is 0. The van der Waals surface area contributed by atoms with Crippen molar-refractivity contribution < 1.29 is 4.79 Å². The predicted octanol–water partition coefficient (Wildman–Crippen LogP) is 2.15. The maximum absolute atomic E-state index is 12.1. The Kier molecular flexibility index (Phi) is 5.20. The molecule has 1 heterocycles. The molecule has 2 rings (SSSR count). The quantitative estimate of drug-likeness (QED) is 0.837. The van der Waals surface area contributed by atoms with E-state index in [0.717, 1.165) is 30.5 Å². The third-order valence-corrected chi connectivity index (χ3v) is 3.73. The first kappa shape index (κ1) is 14.6. The monoisotopic (exact) mass is 270 g/mol. The first-order valence-corrected chi connectivity index (χ1v) is 7.24. The number of carbonyl (C=O) groups excluding carboxylic acids is 1. The maximum Gasteiger partial charge on any atom is 0.222 e. The van der Waals surface area contributed by atoms with Gasteiger partial charge in [0.05, 0.1) is 6.54 Å². The SMILES string of the molecule is CC1CCC(=O)N(Cc2cccc(C#CCN)c2)CC1. The van der Waals surface area contributed by atoms with Gasteiger partial charge in [-0.05, 0) is 36.5 Å². The van der Waals surface area contributed by atoms with Crippen LogP contribution in [0.1, 0.15) is 37.3 Å². The Morgan fingerprint density at radius 1 is 1.40 bits per heavy atom. The van der Waals surface area contributed by atoms with Crippen molar-refractivity contribution >= 4 is 5.91 Å². The van der Waals surface area contributed by atoms with Crippen molar-refractivity contribution in [3.8, 4) is 11.8 Å². The van der Waals surface area contributed by atoms with E-state index in [1.54, 1.807) is 0 Å². The zero-order valence-corrected chi connectivity index (χ0v) is 12.1. The predicted molar refractivity (Wildman–Crippen MR) is 80.8 cm³/mol. The lowest BCUT2D eigenvalue weighted by Crippen LogP contribution is -2.29. The molecule has 1 atom stereocenters. The molecule has 0 radical (unpaired) electrons. The molecule has 0 saturated carbocycles. The molecule has 20 heavy (non-hydrogen) atoms. The highest BCUT2D eigenvalue weighted by Gasteiger charge is 2.20. The van der Waals surface area contributed by atoms with Crippen LogP contribution >= 0.6 is 0 Å². The third-order valence-electron chi connectivity index (χ3n) is 3.73. The van der Waals surface area contributed by atoms with Gasteiger partial charge >= 0.3 is 0 Å².